The second-order valence-corrected chi connectivity index (χ2v) is 9.03. The van der Waals surface area contributed by atoms with Gasteiger partial charge in [0.25, 0.3) is 10.2 Å². The molecular weight excluding hydrogens is 378 g/mol. The van der Waals surface area contributed by atoms with Gasteiger partial charge in [-0.1, -0.05) is 30.3 Å². The minimum absolute atomic E-state index is 0.175. The van der Waals surface area contributed by atoms with E-state index in [4.69, 9.17) is 4.74 Å². The number of hydrogen-bond acceptors (Lipinski definition) is 4. The van der Waals surface area contributed by atoms with Crippen molar-refractivity contribution in [2.24, 2.45) is 5.92 Å². The monoisotopic (exact) mass is 403 g/mol. The number of nitrogens with zero attached hydrogens (tertiary/aromatic N) is 2. The predicted octanol–water partition coefficient (Wildman–Crippen LogP) is 2.94. The average molecular weight is 404 g/mol. The average Bonchev–Trinajstić information content (AvgIpc) is 2.70. The van der Waals surface area contributed by atoms with Gasteiger partial charge >= 0.3 is 0 Å². The molecule has 0 saturated carbocycles. The summed E-state index contributed by atoms with van der Waals surface area (Å²) in [5.41, 5.74) is 0.559. The Hall–Kier alpha value is -2.42. The Morgan fingerprint density at radius 2 is 1.79 bits per heavy atom. The molecule has 1 atom stereocenters. The van der Waals surface area contributed by atoms with Crippen molar-refractivity contribution in [3.05, 3.63) is 54.6 Å². The zero-order chi connectivity index (χ0) is 20.1. The standard InChI is InChI=1S/C20H25N3O4S/c1-22(2)28(25,26)23-14-8-9-16(15-23)20(24)21-18-12-6-7-13-19(18)27-17-10-4-3-5-11-17/h3-7,10-13,16H,8-9,14-15H2,1-2H3,(H,21,24)/t16-/m0/s1. The molecule has 0 aliphatic carbocycles. The van der Waals surface area contributed by atoms with Crippen molar-refractivity contribution in [2.75, 3.05) is 32.5 Å². The van der Waals surface area contributed by atoms with Crippen molar-refractivity contribution in [3.63, 3.8) is 0 Å². The summed E-state index contributed by atoms with van der Waals surface area (Å²) in [5, 5.41) is 2.90. The van der Waals surface area contributed by atoms with Crippen LogP contribution < -0.4 is 10.1 Å². The van der Waals surface area contributed by atoms with Gasteiger partial charge in [0.15, 0.2) is 5.75 Å². The number of anilines is 1. The number of benzene rings is 2. The molecule has 1 N–H and O–H groups in total. The Morgan fingerprint density at radius 3 is 2.50 bits per heavy atom. The van der Waals surface area contributed by atoms with E-state index in [-0.39, 0.29) is 12.5 Å². The largest absolute Gasteiger partial charge is 0.455 e. The lowest BCUT2D eigenvalue weighted by Crippen LogP contribution is -2.47. The summed E-state index contributed by atoms with van der Waals surface area (Å²) in [6, 6.07) is 16.5. The van der Waals surface area contributed by atoms with Crippen LogP contribution in [-0.4, -0.2) is 50.1 Å². The molecular formula is C20H25N3O4S. The quantitative estimate of drug-likeness (QED) is 0.804. The summed E-state index contributed by atoms with van der Waals surface area (Å²) >= 11 is 0. The summed E-state index contributed by atoms with van der Waals surface area (Å²) in [4.78, 5) is 12.8. The number of ether oxygens (including phenoxy) is 1. The van der Waals surface area contributed by atoms with Crippen LogP contribution in [0.25, 0.3) is 0 Å². The topological polar surface area (TPSA) is 79.0 Å². The molecule has 0 unspecified atom stereocenters. The lowest BCUT2D eigenvalue weighted by Gasteiger charge is -2.32. The number of hydrogen-bond donors (Lipinski definition) is 1. The maximum atomic E-state index is 12.8. The highest BCUT2D eigenvalue weighted by Gasteiger charge is 2.33. The normalized spacial score (nSPS) is 18.0. The Bertz CT molecular complexity index is 916. The Balaban J connectivity index is 1.71. The van der Waals surface area contributed by atoms with Crippen LogP contribution in [0.1, 0.15) is 12.8 Å². The van der Waals surface area contributed by atoms with Crippen LogP contribution in [0.15, 0.2) is 54.6 Å². The van der Waals surface area contributed by atoms with E-state index in [1.165, 1.54) is 22.7 Å². The Morgan fingerprint density at radius 1 is 1.11 bits per heavy atom. The molecule has 150 valence electrons. The van der Waals surface area contributed by atoms with Gasteiger partial charge in [-0.15, -0.1) is 0 Å². The van der Waals surface area contributed by atoms with Gasteiger partial charge in [0, 0.05) is 27.2 Å². The molecule has 0 bridgehead atoms. The number of rotatable bonds is 6. The minimum Gasteiger partial charge on any atom is -0.455 e. The number of para-hydroxylation sites is 3. The summed E-state index contributed by atoms with van der Waals surface area (Å²) in [6.45, 7) is 0.603. The van der Waals surface area contributed by atoms with E-state index in [0.29, 0.717) is 36.6 Å². The molecule has 1 fully saturated rings. The number of carbonyl (C=O) groups excluding carboxylic acids is 1. The van der Waals surface area contributed by atoms with Gasteiger partial charge in [-0.2, -0.15) is 17.0 Å². The van der Waals surface area contributed by atoms with Crippen LogP contribution in [0.4, 0.5) is 5.69 Å². The van der Waals surface area contributed by atoms with Gasteiger partial charge in [0.2, 0.25) is 5.91 Å². The molecule has 28 heavy (non-hydrogen) atoms. The highest BCUT2D eigenvalue weighted by atomic mass is 32.2. The van der Waals surface area contributed by atoms with E-state index in [1.807, 2.05) is 42.5 Å². The number of amides is 1. The predicted molar refractivity (Wildman–Crippen MR) is 108 cm³/mol. The molecule has 2 aromatic rings. The molecule has 7 nitrogen and oxygen atoms in total. The summed E-state index contributed by atoms with van der Waals surface area (Å²) < 4.78 is 33.2. The zero-order valence-corrected chi connectivity index (χ0v) is 16.9. The molecule has 0 spiro atoms. The van der Waals surface area contributed by atoms with E-state index in [2.05, 4.69) is 5.32 Å². The maximum Gasteiger partial charge on any atom is 0.281 e. The van der Waals surface area contributed by atoms with Gasteiger partial charge in [-0.25, -0.2) is 0 Å². The third kappa shape index (κ3) is 4.70. The number of carbonyl (C=O) groups is 1. The van der Waals surface area contributed by atoms with Crippen LogP contribution in [0, 0.1) is 5.92 Å². The fourth-order valence-corrected chi connectivity index (χ4v) is 4.30. The molecule has 1 aliphatic heterocycles. The second kappa shape index (κ2) is 8.72. The van der Waals surface area contributed by atoms with Crippen LogP contribution in [0.3, 0.4) is 0 Å². The SMILES string of the molecule is CN(C)S(=O)(=O)N1CCC[C@H](C(=O)Nc2ccccc2Oc2ccccc2)C1. The highest BCUT2D eigenvalue weighted by molar-refractivity contribution is 7.86. The molecule has 3 rings (SSSR count). The number of nitrogens with one attached hydrogen (secondary N) is 1. The maximum absolute atomic E-state index is 12.8. The van der Waals surface area contributed by atoms with Crippen molar-refractivity contribution in [1.82, 2.24) is 8.61 Å². The van der Waals surface area contributed by atoms with E-state index >= 15 is 0 Å². The van der Waals surface area contributed by atoms with E-state index in [9.17, 15) is 13.2 Å². The van der Waals surface area contributed by atoms with Crippen molar-refractivity contribution < 1.29 is 17.9 Å². The van der Waals surface area contributed by atoms with Crippen molar-refractivity contribution >= 4 is 21.8 Å². The smallest absolute Gasteiger partial charge is 0.281 e. The first-order chi connectivity index (χ1) is 13.4. The minimum atomic E-state index is -3.53. The lowest BCUT2D eigenvalue weighted by atomic mass is 9.98. The van der Waals surface area contributed by atoms with Gasteiger partial charge in [0.05, 0.1) is 11.6 Å². The molecule has 1 heterocycles. The lowest BCUT2D eigenvalue weighted by molar-refractivity contribution is -0.120. The third-order valence-corrected chi connectivity index (χ3v) is 6.57. The highest BCUT2D eigenvalue weighted by Crippen LogP contribution is 2.30. The first-order valence-corrected chi connectivity index (χ1v) is 10.6. The van der Waals surface area contributed by atoms with Crippen LogP contribution >= 0.6 is 0 Å². The molecule has 0 radical (unpaired) electrons. The van der Waals surface area contributed by atoms with Crippen LogP contribution in [-0.2, 0) is 15.0 Å². The van der Waals surface area contributed by atoms with Crippen LogP contribution in [0.2, 0.25) is 0 Å². The molecule has 1 saturated heterocycles. The second-order valence-electron chi connectivity index (χ2n) is 6.89. The fraction of sp³-hybridized carbons (Fsp3) is 0.350. The van der Waals surface area contributed by atoms with E-state index in [0.717, 1.165) is 0 Å². The van der Waals surface area contributed by atoms with Crippen molar-refractivity contribution in [2.45, 2.75) is 12.8 Å². The fourth-order valence-electron chi connectivity index (χ4n) is 3.11. The first kappa shape index (κ1) is 20.3. The summed E-state index contributed by atoms with van der Waals surface area (Å²) in [7, 11) is -0.534. The zero-order valence-electron chi connectivity index (χ0n) is 16.0. The summed E-state index contributed by atoms with van der Waals surface area (Å²) in [5.74, 6) is 0.594. The van der Waals surface area contributed by atoms with Crippen molar-refractivity contribution in [3.8, 4) is 11.5 Å². The molecule has 2 aromatic carbocycles. The van der Waals surface area contributed by atoms with Gasteiger partial charge < -0.3 is 10.1 Å². The number of piperidine rings is 1. The third-order valence-electron chi connectivity index (χ3n) is 4.66. The molecule has 0 aromatic heterocycles. The Kier molecular flexibility index (Phi) is 6.33. The molecule has 1 aliphatic rings. The van der Waals surface area contributed by atoms with E-state index in [1.54, 1.807) is 12.1 Å². The van der Waals surface area contributed by atoms with Crippen LogP contribution in [0.5, 0.6) is 11.5 Å². The van der Waals surface area contributed by atoms with Gasteiger partial charge in [-0.3, -0.25) is 4.79 Å². The summed E-state index contributed by atoms with van der Waals surface area (Å²) in [6.07, 6.45) is 1.29. The Labute approximate surface area is 166 Å². The molecule has 8 heteroatoms. The molecule has 1 amide bonds. The first-order valence-electron chi connectivity index (χ1n) is 9.18. The van der Waals surface area contributed by atoms with Gasteiger partial charge in [0.1, 0.15) is 5.75 Å². The van der Waals surface area contributed by atoms with Gasteiger partial charge in [-0.05, 0) is 37.1 Å². The van der Waals surface area contributed by atoms with E-state index < -0.39 is 16.1 Å². The van der Waals surface area contributed by atoms with Crippen molar-refractivity contribution in [1.29, 1.82) is 0 Å².